The van der Waals surface area contributed by atoms with Crippen molar-refractivity contribution in [3.63, 3.8) is 0 Å². The van der Waals surface area contributed by atoms with Gasteiger partial charge in [0.25, 0.3) is 10.0 Å². The minimum Gasteiger partial charge on any atom is -0.492 e. The summed E-state index contributed by atoms with van der Waals surface area (Å²) in [5.74, 6) is 0.634. The number of rotatable bonds is 7. The molecule has 21 heavy (non-hydrogen) atoms. The zero-order valence-corrected chi connectivity index (χ0v) is 13.4. The van der Waals surface area contributed by atoms with Crippen molar-refractivity contribution in [2.24, 2.45) is 0 Å². The first-order valence-corrected chi connectivity index (χ1v) is 8.64. The van der Waals surface area contributed by atoms with Crippen LogP contribution in [0.5, 0.6) is 5.75 Å². The number of ether oxygens (including phenoxy) is 1. The van der Waals surface area contributed by atoms with Gasteiger partial charge in [0.2, 0.25) is 0 Å². The van der Waals surface area contributed by atoms with Crippen molar-refractivity contribution in [3.05, 3.63) is 35.3 Å². The third-order valence-electron chi connectivity index (χ3n) is 2.60. The number of nitrogens with zero attached hydrogens (tertiary/aromatic N) is 1. The second kappa shape index (κ2) is 6.88. The molecule has 0 aliphatic heterocycles. The third kappa shape index (κ3) is 4.42. The molecule has 0 amide bonds. The van der Waals surface area contributed by atoms with Gasteiger partial charge in [-0.15, -0.1) is 11.3 Å². The third-order valence-corrected chi connectivity index (χ3v) is 4.91. The summed E-state index contributed by atoms with van der Waals surface area (Å²) in [5, 5.41) is 3.33. The van der Waals surface area contributed by atoms with Crippen molar-refractivity contribution in [1.29, 1.82) is 0 Å². The molecule has 114 valence electrons. The molecule has 0 aliphatic rings. The molecule has 0 radical (unpaired) electrons. The van der Waals surface area contributed by atoms with E-state index in [0.29, 0.717) is 17.5 Å². The van der Waals surface area contributed by atoms with Gasteiger partial charge in [-0.3, -0.25) is 4.72 Å². The fourth-order valence-electron chi connectivity index (χ4n) is 1.56. The van der Waals surface area contributed by atoms with Crippen LogP contribution in [-0.4, -0.2) is 33.6 Å². The number of aryl methyl sites for hydroxylation is 1. The van der Waals surface area contributed by atoms with Crippen LogP contribution in [0.25, 0.3) is 0 Å². The van der Waals surface area contributed by atoms with Gasteiger partial charge in [0, 0.05) is 17.6 Å². The van der Waals surface area contributed by atoms with E-state index in [2.05, 4.69) is 15.0 Å². The Hall–Kier alpha value is -1.64. The molecule has 2 aromatic rings. The first-order chi connectivity index (χ1) is 10.0. The van der Waals surface area contributed by atoms with E-state index in [0.717, 1.165) is 11.4 Å². The lowest BCUT2D eigenvalue weighted by atomic mass is 10.3. The van der Waals surface area contributed by atoms with E-state index < -0.39 is 10.0 Å². The van der Waals surface area contributed by atoms with Crippen LogP contribution in [0.4, 0.5) is 5.13 Å². The maximum absolute atomic E-state index is 12.2. The second-order valence-corrected chi connectivity index (χ2v) is 7.22. The highest BCUT2D eigenvalue weighted by Crippen LogP contribution is 2.22. The van der Waals surface area contributed by atoms with Gasteiger partial charge < -0.3 is 10.1 Å². The molecule has 0 atom stereocenters. The molecule has 0 unspecified atom stereocenters. The van der Waals surface area contributed by atoms with E-state index in [9.17, 15) is 8.42 Å². The summed E-state index contributed by atoms with van der Waals surface area (Å²) in [7, 11) is -1.77. The summed E-state index contributed by atoms with van der Waals surface area (Å²) in [5.41, 5.74) is 0. The number of likely N-dealkylation sites (N-methyl/N-ethyl adjacent to an activating group) is 1. The van der Waals surface area contributed by atoms with Crippen LogP contribution in [0.15, 0.2) is 35.4 Å². The molecule has 0 aliphatic carbocycles. The summed E-state index contributed by atoms with van der Waals surface area (Å²) in [6, 6.07) is 6.30. The first-order valence-electron chi connectivity index (χ1n) is 6.34. The fourth-order valence-corrected chi connectivity index (χ4v) is 3.47. The van der Waals surface area contributed by atoms with Crippen LogP contribution in [0.1, 0.15) is 4.88 Å². The Kier molecular flexibility index (Phi) is 5.16. The van der Waals surface area contributed by atoms with E-state index in [-0.39, 0.29) is 4.90 Å². The molecule has 1 aromatic heterocycles. The Morgan fingerprint density at radius 3 is 2.57 bits per heavy atom. The van der Waals surface area contributed by atoms with E-state index in [1.54, 1.807) is 18.3 Å². The Labute approximate surface area is 128 Å². The lowest BCUT2D eigenvalue weighted by Gasteiger charge is -2.08. The van der Waals surface area contributed by atoms with E-state index in [1.165, 1.54) is 23.5 Å². The number of benzene rings is 1. The molecule has 0 saturated carbocycles. The van der Waals surface area contributed by atoms with Gasteiger partial charge >= 0.3 is 0 Å². The van der Waals surface area contributed by atoms with Crippen LogP contribution in [0.2, 0.25) is 0 Å². The minimum atomic E-state index is -3.61. The van der Waals surface area contributed by atoms with Crippen molar-refractivity contribution in [2.45, 2.75) is 11.8 Å². The molecule has 0 bridgehead atoms. The number of thiazole rings is 1. The zero-order valence-electron chi connectivity index (χ0n) is 11.8. The highest BCUT2D eigenvalue weighted by atomic mass is 32.2. The summed E-state index contributed by atoms with van der Waals surface area (Å²) in [4.78, 5) is 5.11. The SMILES string of the molecule is CNCCOc1ccc(S(=O)(=O)Nc2ncc(C)s2)cc1. The maximum atomic E-state index is 12.2. The highest BCUT2D eigenvalue weighted by Gasteiger charge is 2.15. The second-order valence-electron chi connectivity index (χ2n) is 4.30. The first kappa shape index (κ1) is 15.7. The molecule has 2 rings (SSSR count). The minimum absolute atomic E-state index is 0.177. The lowest BCUT2D eigenvalue weighted by molar-refractivity contribution is 0.318. The quantitative estimate of drug-likeness (QED) is 0.759. The zero-order chi connectivity index (χ0) is 15.3. The van der Waals surface area contributed by atoms with Crippen molar-refractivity contribution in [2.75, 3.05) is 24.9 Å². The number of nitrogens with one attached hydrogen (secondary N) is 2. The fraction of sp³-hybridized carbons (Fsp3) is 0.308. The number of sulfonamides is 1. The summed E-state index contributed by atoms with van der Waals surface area (Å²) in [6.07, 6.45) is 1.63. The smallest absolute Gasteiger partial charge is 0.263 e. The van der Waals surface area contributed by atoms with Crippen molar-refractivity contribution >= 4 is 26.5 Å². The molecule has 0 fully saturated rings. The largest absolute Gasteiger partial charge is 0.492 e. The van der Waals surface area contributed by atoms with Crippen molar-refractivity contribution in [3.8, 4) is 5.75 Å². The van der Waals surface area contributed by atoms with E-state index in [4.69, 9.17) is 4.74 Å². The average molecular weight is 327 g/mol. The molecule has 0 saturated heterocycles. The molecular weight excluding hydrogens is 310 g/mol. The number of hydrogen-bond donors (Lipinski definition) is 2. The normalized spacial score (nSPS) is 11.3. The Morgan fingerprint density at radius 2 is 2.00 bits per heavy atom. The molecule has 0 spiro atoms. The van der Waals surface area contributed by atoms with Gasteiger partial charge in [-0.2, -0.15) is 0 Å². The van der Waals surface area contributed by atoms with Crippen molar-refractivity contribution < 1.29 is 13.2 Å². The Morgan fingerprint density at radius 1 is 1.29 bits per heavy atom. The number of aromatic nitrogens is 1. The molecule has 2 N–H and O–H groups in total. The van der Waals surface area contributed by atoms with Crippen LogP contribution in [-0.2, 0) is 10.0 Å². The Balaban J connectivity index is 2.06. The lowest BCUT2D eigenvalue weighted by Crippen LogP contribution is -2.16. The molecule has 8 heteroatoms. The van der Waals surface area contributed by atoms with Gasteiger partial charge in [0.05, 0.1) is 4.90 Å². The van der Waals surface area contributed by atoms with Crippen molar-refractivity contribution in [1.82, 2.24) is 10.3 Å². The van der Waals surface area contributed by atoms with E-state index in [1.807, 2.05) is 14.0 Å². The van der Waals surface area contributed by atoms with Crippen LogP contribution in [0, 0.1) is 6.92 Å². The van der Waals surface area contributed by atoms with Gasteiger partial charge in [-0.1, -0.05) is 0 Å². The summed E-state index contributed by atoms with van der Waals surface area (Å²) >= 11 is 1.29. The molecule has 1 aromatic carbocycles. The molecular formula is C13H17N3O3S2. The van der Waals surface area contributed by atoms with Crippen LogP contribution in [0.3, 0.4) is 0 Å². The summed E-state index contributed by atoms with van der Waals surface area (Å²) < 4.78 is 32.3. The van der Waals surface area contributed by atoms with Gasteiger partial charge in [-0.05, 0) is 38.2 Å². The van der Waals surface area contributed by atoms with Gasteiger partial charge in [0.15, 0.2) is 5.13 Å². The molecule has 6 nitrogen and oxygen atoms in total. The number of anilines is 1. The molecule has 1 heterocycles. The maximum Gasteiger partial charge on any atom is 0.263 e. The van der Waals surface area contributed by atoms with Gasteiger partial charge in [0.1, 0.15) is 12.4 Å². The van der Waals surface area contributed by atoms with Crippen LogP contribution < -0.4 is 14.8 Å². The standard InChI is InChI=1S/C13H17N3O3S2/c1-10-9-15-13(20-10)16-21(17,18)12-5-3-11(4-6-12)19-8-7-14-2/h3-6,9,14H,7-8H2,1-2H3,(H,15,16). The summed E-state index contributed by atoms with van der Waals surface area (Å²) in [6.45, 7) is 3.12. The van der Waals surface area contributed by atoms with Crippen LogP contribution >= 0.6 is 11.3 Å². The predicted molar refractivity (Wildman–Crippen MR) is 83.5 cm³/mol. The highest BCUT2D eigenvalue weighted by molar-refractivity contribution is 7.93. The Bertz CT molecular complexity index is 681. The predicted octanol–water partition coefficient (Wildman–Crippen LogP) is 1.85. The topological polar surface area (TPSA) is 80.3 Å². The number of hydrogen-bond acceptors (Lipinski definition) is 6. The van der Waals surface area contributed by atoms with Gasteiger partial charge in [-0.25, -0.2) is 13.4 Å². The monoisotopic (exact) mass is 327 g/mol. The average Bonchev–Trinajstić information content (AvgIpc) is 2.84. The van der Waals surface area contributed by atoms with E-state index >= 15 is 0 Å².